The molecule has 26 heavy (non-hydrogen) atoms. The Bertz CT molecular complexity index is 712. The fourth-order valence-corrected chi connectivity index (χ4v) is 3.44. The van der Waals surface area contributed by atoms with Crippen LogP contribution in [0.25, 0.3) is 0 Å². The third-order valence-electron chi connectivity index (χ3n) is 4.01. The van der Waals surface area contributed by atoms with E-state index in [2.05, 4.69) is 58.0 Å². The zero-order valence-corrected chi connectivity index (χ0v) is 17.1. The van der Waals surface area contributed by atoms with E-state index >= 15 is 0 Å². The molecule has 0 atom stereocenters. The number of ether oxygens (including phenoxy) is 1. The van der Waals surface area contributed by atoms with Crippen LogP contribution in [0.3, 0.4) is 0 Å². The molecule has 0 aliphatic heterocycles. The van der Waals surface area contributed by atoms with E-state index < -0.39 is 0 Å². The van der Waals surface area contributed by atoms with E-state index in [0.29, 0.717) is 0 Å². The zero-order chi connectivity index (χ0) is 18.8. The second-order valence-electron chi connectivity index (χ2n) is 6.23. The van der Waals surface area contributed by atoms with Gasteiger partial charge >= 0.3 is 0 Å². The van der Waals surface area contributed by atoms with Crippen LogP contribution in [-0.2, 0) is 12.8 Å². The van der Waals surface area contributed by atoms with E-state index in [9.17, 15) is 0 Å². The van der Waals surface area contributed by atoms with Crippen molar-refractivity contribution < 1.29 is 4.74 Å². The van der Waals surface area contributed by atoms with Gasteiger partial charge in [0.25, 0.3) is 0 Å². The molecule has 0 amide bonds. The Hall–Kier alpha value is -2.08. The number of methoxy groups -OCH3 is 1. The summed E-state index contributed by atoms with van der Waals surface area (Å²) in [6, 6.07) is 6.37. The maximum atomic E-state index is 5.39. The van der Waals surface area contributed by atoms with Gasteiger partial charge in [0.05, 0.1) is 12.1 Å². The number of benzene rings is 1. The molecule has 142 valence electrons. The van der Waals surface area contributed by atoms with Gasteiger partial charge in [0.2, 0.25) is 0 Å². The van der Waals surface area contributed by atoms with Crippen molar-refractivity contribution in [2.45, 2.75) is 40.0 Å². The van der Waals surface area contributed by atoms with Gasteiger partial charge in [0, 0.05) is 37.1 Å². The summed E-state index contributed by atoms with van der Waals surface area (Å²) in [5, 5.41) is 10.0. The lowest BCUT2D eigenvalue weighted by Crippen LogP contribution is -2.38. The van der Waals surface area contributed by atoms with E-state index in [4.69, 9.17) is 4.74 Å². The van der Waals surface area contributed by atoms with Gasteiger partial charge in [-0.2, -0.15) is 0 Å². The first kappa shape index (κ1) is 20.2. The van der Waals surface area contributed by atoms with Gasteiger partial charge in [-0.3, -0.25) is 4.99 Å². The molecular weight excluding hydrogens is 344 g/mol. The van der Waals surface area contributed by atoms with Crippen molar-refractivity contribution in [2.75, 3.05) is 26.7 Å². The normalized spacial score (nSPS) is 11.5. The lowest BCUT2D eigenvalue weighted by atomic mass is 10.1. The number of aromatic nitrogens is 1. The molecule has 6 heteroatoms. The van der Waals surface area contributed by atoms with Gasteiger partial charge in [-0.05, 0) is 50.8 Å². The van der Waals surface area contributed by atoms with E-state index in [1.54, 1.807) is 18.4 Å². The summed E-state index contributed by atoms with van der Waals surface area (Å²) in [6.07, 6.45) is 2.93. The number of aliphatic imine (C=N–C) groups is 1. The van der Waals surface area contributed by atoms with Gasteiger partial charge in [-0.15, -0.1) is 11.3 Å². The molecule has 2 rings (SSSR count). The SMILES string of the molecule is CCNC(=NCCCc1nc(C)cs1)NCCc1ccc(C)c(OC)c1. The number of guanidine groups is 1. The predicted octanol–water partition coefficient (Wildman–Crippen LogP) is 3.50. The fourth-order valence-electron chi connectivity index (χ4n) is 2.63. The minimum Gasteiger partial charge on any atom is -0.496 e. The number of nitrogens with one attached hydrogen (secondary N) is 2. The largest absolute Gasteiger partial charge is 0.496 e. The quantitative estimate of drug-likeness (QED) is 0.401. The van der Waals surface area contributed by atoms with Crippen LogP contribution in [0.4, 0.5) is 0 Å². The fraction of sp³-hybridized carbons (Fsp3) is 0.500. The van der Waals surface area contributed by atoms with E-state index in [1.165, 1.54) is 10.6 Å². The van der Waals surface area contributed by atoms with Crippen LogP contribution in [0, 0.1) is 13.8 Å². The topological polar surface area (TPSA) is 58.5 Å². The van der Waals surface area contributed by atoms with Crippen molar-refractivity contribution >= 4 is 17.3 Å². The Morgan fingerprint density at radius 1 is 1.23 bits per heavy atom. The third-order valence-corrected chi connectivity index (χ3v) is 5.03. The summed E-state index contributed by atoms with van der Waals surface area (Å²) < 4.78 is 5.39. The van der Waals surface area contributed by atoms with E-state index in [-0.39, 0.29) is 0 Å². The van der Waals surface area contributed by atoms with Crippen molar-refractivity contribution in [3.63, 3.8) is 0 Å². The Morgan fingerprint density at radius 3 is 2.77 bits per heavy atom. The summed E-state index contributed by atoms with van der Waals surface area (Å²) in [7, 11) is 1.72. The average molecular weight is 375 g/mol. The molecule has 0 saturated heterocycles. The lowest BCUT2D eigenvalue weighted by molar-refractivity contribution is 0.411. The molecule has 1 aromatic heterocycles. The highest BCUT2D eigenvalue weighted by atomic mass is 32.1. The number of aryl methyl sites for hydroxylation is 3. The monoisotopic (exact) mass is 374 g/mol. The standard InChI is InChI=1S/C20H30N4OS/c1-5-21-20(22-11-6-7-19-24-16(3)14-26-19)23-12-10-17-9-8-15(2)18(13-17)25-4/h8-9,13-14H,5-7,10-12H2,1-4H3,(H2,21,22,23). The molecule has 0 radical (unpaired) electrons. The Morgan fingerprint density at radius 2 is 2.08 bits per heavy atom. The zero-order valence-electron chi connectivity index (χ0n) is 16.3. The summed E-state index contributed by atoms with van der Waals surface area (Å²) in [6.45, 7) is 8.67. The smallest absolute Gasteiger partial charge is 0.191 e. The number of hydrogen-bond acceptors (Lipinski definition) is 4. The molecule has 0 spiro atoms. The molecule has 2 N–H and O–H groups in total. The molecule has 0 fully saturated rings. The first-order valence-electron chi connectivity index (χ1n) is 9.19. The van der Waals surface area contributed by atoms with Gasteiger partial charge in [0.1, 0.15) is 5.75 Å². The lowest BCUT2D eigenvalue weighted by Gasteiger charge is -2.12. The minimum absolute atomic E-state index is 0.798. The Kier molecular flexibility index (Phi) is 8.41. The first-order valence-corrected chi connectivity index (χ1v) is 10.1. The molecule has 5 nitrogen and oxygen atoms in total. The molecule has 0 unspecified atom stereocenters. The van der Waals surface area contributed by atoms with Crippen molar-refractivity contribution in [3.05, 3.63) is 45.4 Å². The summed E-state index contributed by atoms with van der Waals surface area (Å²) >= 11 is 1.73. The van der Waals surface area contributed by atoms with Crippen LogP contribution in [0.15, 0.2) is 28.6 Å². The van der Waals surface area contributed by atoms with Crippen LogP contribution in [0.2, 0.25) is 0 Å². The van der Waals surface area contributed by atoms with Crippen molar-refractivity contribution in [1.29, 1.82) is 0 Å². The molecular formula is C20H30N4OS. The van der Waals surface area contributed by atoms with Gasteiger partial charge in [0.15, 0.2) is 5.96 Å². The molecule has 0 saturated carbocycles. The van der Waals surface area contributed by atoms with Gasteiger partial charge in [-0.1, -0.05) is 12.1 Å². The van der Waals surface area contributed by atoms with Crippen LogP contribution >= 0.6 is 11.3 Å². The molecule has 1 aromatic carbocycles. The molecule has 0 aliphatic rings. The number of rotatable bonds is 9. The van der Waals surface area contributed by atoms with Crippen molar-refractivity contribution in [1.82, 2.24) is 15.6 Å². The van der Waals surface area contributed by atoms with Gasteiger partial charge < -0.3 is 15.4 Å². The van der Waals surface area contributed by atoms with E-state index in [1.807, 2.05) is 6.92 Å². The highest BCUT2D eigenvalue weighted by Crippen LogP contribution is 2.19. The molecule has 0 aliphatic carbocycles. The molecule has 1 heterocycles. The molecule has 2 aromatic rings. The summed E-state index contributed by atoms with van der Waals surface area (Å²) in [4.78, 5) is 9.16. The Balaban J connectivity index is 1.77. The number of hydrogen-bond donors (Lipinski definition) is 2. The van der Waals surface area contributed by atoms with Crippen LogP contribution in [-0.4, -0.2) is 37.7 Å². The maximum Gasteiger partial charge on any atom is 0.191 e. The highest BCUT2D eigenvalue weighted by Gasteiger charge is 2.02. The number of thiazole rings is 1. The summed E-state index contributed by atoms with van der Waals surface area (Å²) in [5.74, 6) is 1.82. The van der Waals surface area contributed by atoms with Crippen molar-refractivity contribution in [2.24, 2.45) is 4.99 Å². The average Bonchev–Trinajstić information content (AvgIpc) is 3.05. The van der Waals surface area contributed by atoms with E-state index in [0.717, 1.165) is 61.9 Å². The van der Waals surface area contributed by atoms with Crippen LogP contribution < -0.4 is 15.4 Å². The minimum atomic E-state index is 0.798. The van der Waals surface area contributed by atoms with Crippen LogP contribution in [0.1, 0.15) is 35.2 Å². The van der Waals surface area contributed by atoms with Crippen LogP contribution in [0.5, 0.6) is 5.75 Å². The Labute approximate surface area is 160 Å². The first-order chi connectivity index (χ1) is 12.6. The maximum absolute atomic E-state index is 5.39. The second kappa shape index (κ2) is 10.8. The molecule has 0 bridgehead atoms. The number of nitrogens with zero attached hydrogens (tertiary/aromatic N) is 2. The second-order valence-corrected chi connectivity index (χ2v) is 7.17. The third kappa shape index (κ3) is 6.67. The highest BCUT2D eigenvalue weighted by molar-refractivity contribution is 7.09. The van der Waals surface area contributed by atoms with Crippen molar-refractivity contribution in [3.8, 4) is 5.75 Å². The summed E-state index contributed by atoms with van der Waals surface area (Å²) in [5.41, 5.74) is 3.53. The predicted molar refractivity (Wildman–Crippen MR) is 111 cm³/mol. The van der Waals surface area contributed by atoms with Gasteiger partial charge in [-0.25, -0.2) is 4.98 Å².